The fourth-order valence-corrected chi connectivity index (χ4v) is 6.10. The van der Waals surface area contributed by atoms with E-state index in [1.807, 2.05) is 27.7 Å². The highest BCUT2D eigenvalue weighted by Gasteiger charge is 2.70. The van der Waals surface area contributed by atoms with Crippen LogP contribution >= 0.6 is 0 Å². The number of rotatable bonds is 9. The van der Waals surface area contributed by atoms with E-state index in [0.717, 1.165) is 32.1 Å². The molecular formula is C27H43N5O5. The maximum absolute atomic E-state index is 13.9. The number of nitrogens with one attached hydrogen (secondary N) is 3. The highest BCUT2D eigenvalue weighted by atomic mass is 16.2. The number of carbonyl (C=O) groups is 5. The maximum atomic E-state index is 13.9. The fourth-order valence-electron chi connectivity index (χ4n) is 6.10. The summed E-state index contributed by atoms with van der Waals surface area (Å²) >= 11 is 0. The average molecular weight is 518 g/mol. The third kappa shape index (κ3) is 5.48. The summed E-state index contributed by atoms with van der Waals surface area (Å²) in [6.07, 6.45) is 5.12. The Morgan fingerprint density at radius 2 is 1.65 bits per heavy atom. The third-order valence-electron chi connectivity index (χ3n) is 9.23. The van der Waals surface area contributed by atoms with E-state index < -0.39 is 47.2 Å². The number of primary amides is 1. The summed E-state index contributed by atoms with van der Waals surface area (Å²) in [5.41, 5.74) is 4.32. The van der Waals surface area contributed by atoms with E-state index in [1.165, 1.54) is 0 Å². The van der Waals surface area contributed by atoms with Gasteiger partial charge in [-0.2, -0.15) is 0 Å². The van der Waals surface area contributed by atoms with Gasteiger partial charge in [-0.3, -0.25) is 19.2 Å². The number of likely N-dealkylation sites (tertiary alicyclic amines) is 1. The van der Waals surface area contributed by atoms with Gasteiger partial charge in [0, 0.05) is 12.1 Å². The Hall–Kier alpha value is -2.65. The van der Waals surface area contributed by atoms with E-state index >= 15 is 0 Å². The van der Waals surface area contributed by atoms with E-state index in [0.29, 0.717) is 13.0 Å². The normalized spacial score (nSPS) is 28.7. The van der Waals surface area contributed by atoms with Crippen molar-refractivity contribution in [1.29, 1.82) is 0 Å². The number of piperidine rings is 1. The van der Waals surface area contributed by atoms with Crippen LogP contribution in [-0.2, 0) is 19.2 Å². The Labute approximate surface area is 219 Å². The first-order valence-electron chi connectivity index (χ1n) is 13.6. The molecule has 3 aliphatic carbocycles. The van der Waals surface area contributed by atoms with Crippen molar-refractivity contribution in [2.24, 2.45) is 34.3 Å². The van der Waals surface area contributed by atoms with Gasteiger partial charge in [0.05, 0.1) is 6.04 Å². The number of carbonyl (C=O) groups excluding carboxylic acids is 5. The molecule has 206 valence electrons. The molecule has 37 heavy (non-hydrogen) atoms. The molecule has 3 saturated carbocycles. The van der Waals surface area contributed by atoms with Crippen LogP contribution in [0.3, 0.4) is 0 Å². The molecule has 0 bridgehead atoms. The topological polar surface area (TPSA) is 151 Å². The van der Waals surface area contributed by atoms with Crippen LogP contribution in [0.15, 0.2) is 0 Å². The number of amides is 5. The molecule has 0 aromatic carbocycles. The Kier molecular flexibility index (Phi) is 6.86. The minimum absolute atomic E-state index is 0.0655. The number of hydrogen-bond donors (Lipinski definition) is 4. The Balaban J connectivity index is 1.53. The van der Waals surface area contributed by atoms with Gasteiger partial charge in [0.1, 0.15) is 12.1 Å². The summed E-state index contributed by atoms with van der Waals surface area (Å²) in [6, 6.07) is -3.02. The Bertz CT molecular complexity index is 994. The largest absolute Gasteiger partial charge is 0.363 e. The van der Waals surface area contributed by atoms with E-state index in [2.05, 4.69) is 29.8 Å². The molecule has 0 spiro atoms. The first-order chi connectivity index (χ1) is 17.0. The van der Waals surface area contributed by atoms with Crippen molar-refractivity contribution >= 4 is 29.5 Å². The van der Waals surface area contributed by atoms with Crippen LogP contribution in [0.25, 0.3) is 0 Å². The molecule has 3 unspecified atom stereocenters. The monoisotopic (exact) mass is 517 g/mol. The zero-order valence-electron chi connectivity index (χ0n) is 23.0. The van der Waals surface area contributed by atoms with E-state index in [4.69, 9.17) is 5.73 Å². The second kappa shape index (κ2) is 9.27. The molecule has 1 aliphatic heterocycles. The highest BCUT2D eigenvalue weighted by Crippen LogP contribution is 2.65. The average Bonchev–Trinajstić information content (AvgIpc) is 3.51. The molecule has 5 N–H and O–H groups in total. The molecule has 4 aliphatic rings. The van der Waals surface area contributed by atoms with Crippen molar-refractivity contribution in [3.8, 4) is 0 Å². The zero-order valence-corrected chi connectivity index (χ0v) is 23.0. The van der Waals surface area contributed by atoms with Crippen molar-refractivity contribution in [3.05, 3.63) is 0 Å². The summed E-state index contributed by atoms with van der Waals surface area (Å²) in [7, 11) is 0. The van der Waals surface area contributed by atoms with Crippen molar-refractivity contribution in [1.82, 2.24) is 20.9 Å². The van der Waals surface area contributed by atoms with Crippen LogP contribution in [0.1, 0.15) is 80.1 Å². The molecule has 0 radical (unpaired) electrons. The molecule has 0 aromatic rings. The molecule has 1 heterocycles. The van der Waals surface area contributed by atoms with Crippen molar-refractivity contribution in [3.63, 3.8) is 0 Å². The maximum Gasteiger partial charge on any atom is 0.315 e. The quantitative estimate of drug-likeness (QED) is 0.342. The fraction of sp³-hybridized carbons (Fsp3) is 0.815. The van der Waals surface area contributed by atoms with Crippen LogP contribution in [-0.4, -0.2) is 64.6 Å². The molecule has 0 aromatic heterocycles. The van der Waals surface area contributed by atoms with Gasteiger partial charge in [-0.15, -0.1) is 0 Å². The van der Waals surface area contributed by atoms with Crippen molar-refractivity contribution in [2.45, 2.75) is 104 Å². The summed E-state index contributed by atoms with van der Waals surface area (Å²) in [4.78, 5) is 66.2. The molecular weight excluding hydrogens is 474 g/mol. The molecule has 10 heteroatoms. The number of hydrogen-bond acceptors (Lipinski definition) is 5. The van der Waals surface area contributed by atoms with Crippen LogP contribution in [0.2, 0.25) is 0 Å². The van der Waals surface area contributed by atoms with Gasteiger partial charge in [-0.25, -0.2) is 4.79 Å². The van der Waals surface area contributed by atoms with E-state index in [9.17, 15) is 24.0 Å². The minimum atomic E-state index is -1.07. The first kappa shape index (κ1) is 27.4. The smallest absolute Gasteiger partial charge is 0.315 e. The lowest BCUT2D eigenvalue weighted by atomic mass is 9.80. The van der Waals surface area contributed by atoms with E-state index in [1.54, 1.807) is 4.90 Å². The molecule has 5 atom stereocenters. The van der Waals surface area contributed by atoms with Gasteiger partial charge in [-0.05, 0) is 54.8 Å². The Morgan fingerprint density at radius 3 is 2.14 bits per heavy atom. The highest BCUT2D eigenvalue weighted by molar-refractivity contribution is 6.37. The molecule has 1 saturated heterocycles. The first-order valence-corrected chi connectivity index (χ1v) is 13.6. The van der Waals surface area contributed by atoms with Gasteiger partial charge in [0.15, 0.2) is 0 Å². The standard InChI is InChI=1S/C27H43N5O5/c1-25(2,3)20(30-24(37)31-27(6)10-11-27)23(36)32-13-15-17(26(15,4)5)18(32)22(35)29-16(19(33)21(28)34)12-14-8-7-9-14/h14-18,20H,7-13H2,1-6H3,(H2,28,34)(H,29,35)(H2,30,31,37)/t15?,16?,17?,18-,20+/m0/s1. The van der Waals surface area contributed by atoms with Crippen LogP contribution in [0.4, 0.5) is 4.79 Å². The molecule has 10 nitrogen and oxygen atoms in total. The van der Waals surface area contributed by atoms with Crippen LogP contribution in [0, 0.1) is 28.6 Å². The second-order valence-electron chi connectivity index (χ2n) is 13.7. The Morgan fingerprint density at radius 1 is 1.03 bits per heavy atom. The third-order valence-corrected chi connectivity index (χ3v) is 9.23. The van der Waals surface area contributed by atoms with Gasteiger partial charge in [0.2, 0.25) is 17.6 Å². The van der Waals surface area contributed by atoms with Gasteiger partial charge < -0.3 is 26.6 Å². The molecule has 4 rings (SSSR count). The number of Topliss-reactive ketones (excluding diaryl/α,β-unsaturated/α-hetero) is 1. The predicted octanol–water partition coefficient (Wildman–Crippen LogP) is 1.47. The zero-order chi connectivity index (χ0) is 27.5. The van der Waals surface area contributed by atoms with Crippen LogP contribution < -0.4 is 21.7 Å². The summed E-state index contributed by atoms with van der Waals surface area (Å²) in [6.45, 7) is 12.2. The lowest BCUT2D eigenvalue weighted by Crippen LogP contribution is -2.62. The number of nitrogens with zero attached hydrogens (tertiary/aromatic N) is 1. The number of fused-ring (bicyclic) bond motifs is 1. The number of ketones is 1. The number of urea groups is 1. The van der Waals surface area contributed by atoms with Crippen LogP contribution in [0.5, 0.6) is 0 Å². The molecule has 4 fully saturated rings. The van der Waals surface area contributed by atoms with Crippen molar-refractivity contribution in [2.75, 3.05) is 6.54 Å². The van der Waals surface area contributed by atoms with Gasteiger partial charge >= 0.3 is 6.03 Å². The van der Waals surface area contributed by atoms with Gasteiger partial charge in [-0.1, -0.05) is 53.9 Å². The van der Waals surface area contributed by atoms with Crippen molar-refractivity contribution < 1.29 is 24.0 Å². The van der Waals surface area contributed by atoms with E-state index in [-0.39, 0.29) is 34.6 Å². The minimum Gasteiger partial charge on any atom is -0.363 e. The van der Waals surface area contributed by atoms with Gasteiger partial charge in [0.25, 0.3) is 5.91 Å². The predicted molar refractivity (Wildman–Crippen MR) is 137 cm³/mol. The molecule has 5 amide bonds. The lowest BCUT2D eigenvalue weighted by molar-refractivity contribution is -0.145. The lowest BCUT2D eigenvalue weighted by Gasteiger charge is -2.38. The summed E-state index contributed by atoms with van der Waals surface area (Å²) in [5.74, 6) is -2.28. The SMILES string of the molecule is CC1(NC(=O)N[C@H](C(=O)N2CC3C([C@H]2C(=O)NC(CC2CCC2)C(=O)C(N)=O)C3(C)C)C(C)(C)C)CC1. The number of nitrogens with two attached hydrogens (primary N) is 1. The summed E-state index contributed by atoms with van der Waals surface area (Å²) in [5, 5.41) is 8.60. The summed E-state index contributed by atoms with van der Waals surface area (Å²) < 4.78 is 0. The second-order valence-corrected chi connectivity index (χ2v) is 13.7.